The van der Waals surface area contributed by atoms with E-state index in [9.17, 15) is 4.79 Å². The molecule has 1 aromatic rings. The summed E-state index contributed by atoms with van der Waals surface area (Å²) in [5, 5.41) is 0. The van der Waals surface area contributed by atoms with Crippen molar-refractivity contribution in [1.82, 2.24) is 0 Å². The largest absolute Gasteiger partial charge is 0.330 e. The monoisotopic (exact) mass is 233 g/mol. The van der Waals surface area contributed by atoms with Gasteiger partial charge in [-0.25, -0.2) is 0 Å². The standard InChI is InChI=1S/C15H23NO/c1-12-8-9-14(11-13(12)2)15(17)7-5-3-4-6-10-16/h8-9,11H,3-7,10,16H2,1-2H3. The van der Waals surface area contributed by atoms with E-state index in [2.05, 4.69) is 6.92 Å². The second-order valence-corrected chi connectivity index (χ2v) is 4.68. The molecule has 0 atom stereocenters. The lowest BCUT2D eigenvalue weighted by molar-refractivity contribution is 0.0979. The van der Waals surface area contributed by atoms with Gasteiger partial charge in [0, 0.05) is 12.0 Å². The molecule has 1 rings (SSSR count). The lowest BCUT2D eigenvalue weighted by atomic mass is 10.00. The molecule has 0 aliphatic carbocycles. The Morgan fingerprint density at radius 3 is 2.41 bits per heavy atom. The number of carbonyl (C=O) groups is 1. The van der Waals surface area contributed by atoms with Crippen molar-refractivity contribution in [2.24, 2.45) is 5.73 Å². The fraction of sp³-hybridized carbons (Fsp3) is 0.533. The summed E-state index contributed by atoms with van der Waals surface area (Å²) in [4.78, 5) is 11.9. The van der Waals surface area contributed by atoms with Crippen LogP contribution in [0.3, 0.4) is 0 Å². The van der Waals surface area contributed by atoms with Gasteiger partial charge in [0.05, 0.1) is 0 Å². The Morgan fingerprint density at radius 1 is 1.06 bits per heavy atom. The zero-order valence-corrected chi connectivity index (χ0v) is 11.0. The van der Waals surface area contributed by atoms with E-state index in [-0.39, 0.29) is 5.78 Å². The molecule has 2 heteroatoms. The Balaban J connectivity index is 2.39. The van der Waals surface area contributed by atoms with E-state index in [1.807, 2.05) is 25.1 Å². The number of hydrogen-bond acceptors (Lipinski definition) is 2. The van der Waals surface area contributed by atoms with Gasteiger partial charge in [0.1, 0.15) is 0 Å². The van der Waals surface area contributed by atoms with Crippen molar-refractivity contribution in [3.63, 3.8) is 0 Å². The predicted molar refractivity (Wildman–Crippen MR) is 72.4 cm³/mol. The van der Waals surface area contributed by atoms with Crippen molar-refractivity contribution in [2.75, 3.05) is 6.54 Å². The number of hydrogen-bond donors (Lipinski definition) is 1. The molecule has 0 heterocycles. The molecule has 0 saturated heterocycles. The molecule has 0 aliphatic rings. The van der Waals surface area contributed by atoms with Gasteiger partial charge in [-0.1, -0.05) is 25.0 Å². The van der Waals surface area contributed by atoms with E-state index in [4.69, 9.17) is 5.73 Å². The summed E-state index contributed by atoms with van der Waals surface area (Å²) in [6.07, 6.45) is 4.95. The van der Waals surface area contributed by atoms with Crippen molar-refractivity contribution in [1.29, 1.82) is 0 Å². The zero-order valence-electron chi connectivity index (χ0n) is 11.0. The summed E-state index contributed by atoms with van der Waals surface area (Å²) < 4.78 is 0. The molecule has 0 unspecified atom stereocenters. The molecule has 2 N–H and O–H groups in total. The highest BCUT2D eigenvalue weighted by Crippen LogP contribution is 2.13. The highest BCUT2D eigenvalue weighted by molar-refractivity contribution is 5.96. The third-order valence-corrected chi connectivity index (χ3v) is 3.19. The predicted octanol–water partition coefficient (Wildman–Crippen LogP) is 3.40. The smallest absolute Gasteiger partial charge is 0.162 e. The number of aryl methyl sites for hydroxylation is 2. The van der Waals surface area contributed by atoms with Crippen LogP contribution in [0.25, 0.3) is 0 Å². The first-order chi connectivity index (χ1) is 8.15. The number of ketones is 1. The van der Waals surface area contributed by atoms with Crippen LogP contribution in [0.4, 0.5) is 0 Å². The molecule has 0 spiro atoms. The third-order valence-electron chi connectivity index (χ3n) is 3.19. The van der Waals surface area contributed by atoms with E-state index in [0.717, 1.165) is 37.8 Å². The first-order valence-electron chi connectivity index (χ1n) is 6.45. The van der Waals surface area contributed by atoms with Crippen LogP contribution < -0.4 is 5.73 Å². The molecule has 17 heavy (non-hydrogen) atoms. The maximum absolute atomic E-state index is 11.9. The van der Waals surface area contributed by atoms with Gasteiger partial charge in [-0.3, -0.25) is 4.79 Å². The molecule has 0 saturated carbocycles. The number of nitrogens with two attached hydrogens (primary N) is 1. The summed E-state index contributed by atoms with van der Waals surface area (Å²) in [7, 11) is 0. The van der Waals surface area contributed by atoms with Crippen LogP contribution in [0.1, 0.15) is 53.6 Å². The highest BCUT2D eigenvalue weighted by atomic mass is 16.1. The molecule has 0 radical (unpaired) electrons. The van der Waals surface area contributed by atoms with Crippen LogP contribution in [0.2, 0.25) is 0 Å². The molecular weight excluding hydrogens is 210 g/mol. The summed E-state index contributed by atoms with van der Waals surface area (Å²) >= 11 is 0. The van der Waals surface area contributed by atoms with Crippen molar-refractivity contribution in [2.45, 2.75) is 46.0 Å². The summed E-state index contributed by atoms with van der Waals surface area (Å²) in [5.41, 5.74) is 8.71. The van der Waals surface area contributed by atoms with Gasteiger partial charge in [0.25, 0.3) is 0 Å². The molecule has 2 nitrogen and oxygen atoms in total. The number of rotatable bonds is 7. The van der Waals surface area contributed by atoms with Crippen LogP contribution >= 0.6 is 0 Å². The van der Waals surface area contributed by atoms with Crippen LogP contribution in [0.5, 0.6) is 0 Å². The molecular formula is C15H23NO. The van der Waals surface area contributed by atoms with Gasteiger partial charge in [0.15, 0.2) is 5.78 Å². The molecule has 0 aromatic heterocycles. The second kappa shape index (κ2) is 7.23. The molecule has 94 valence electrons. The first kappa shape index (κ1) is 13.9. The third kappa shape index (κ3) is 4.70. The molecule has 0 aliphatic heterocycles. The minimum Gasteiger partial charge on any atom is -0.330 e. The van der Waals surface area contributed by atoms with Gasteiger partial charge >= 0.3 is 0 Å². The molecule has 0 bridgehead atoms. The topological polar surface area (TPSA) is 43.1 Å². The van der Waals surface area contributed by atoms with Gasteiger partial charge < -0.3 is 5.73 Å². The lowest BCUT2D eigenvalue weighted by Crippen LogP contribution is -2.01. The van der Waals surface area contributed by atoms with E-state index in [1.54, 1.807) is 0 Å². The summed E-state index contributed by atoms with van der Waals surface area (Å²) in [6, 6.07) is 5.96. The number of Topliss-reactive ketones (excluding diaryl/α,β-unsaturated/α-hetero) is 1. The highest BCUT2D eigenvalue weighted by Gasteiger charge is 2.06. The van der Waals surface area contributed by atoms with Crippen molar-refractivity contribution >= 4 is 5.78 Å². The Hall–Kier alpha value is -1.15. The van der Waals surface area contributed by atoms with Crippen LogP contribution in [-0.4, -0.2) is 12.3 Å². The van der Waals surface area contributed by atoms with Crippen LogP contribution in [0, 0.1) is 13.8 Å². The van der Waals surface area contributed by atoms with Crippen molar-refractivity contribution < 1.29 is 4.79 Å². The van der Waals surface area contributed by atoms with E-state index in [0.29, 0.717) is 6.42 Å². The van der Waals surface area contributed by atoms with Crippen LogP contribution in [0.15, 0.2) is 18.2 Å². The normalized spacial score (nSPS) is 10.5. The van der Waals surface area contributed by atoms with E-state index in [1.165, 1.54) is 11.1 Å². The minimum absolute atomic E-state index is 0.265. The average molecular weight is 233 g/mol. The summed E-state index contributed by atoms with van der Waals surface area (Å²) in [5.74, 6) is 0.265. The summed E-state index contributed by atoms with van der Waals surface area (Å²) in [6.45, 7) is 4.87. The van der Waals surface area contributed by atoms with Gasteiger partial charge in [-0.15, -0.1) is 0 Å². The number of carbonyl (C=O) groups excluding carboxylic acids is 1. The molecule has 1 aromatic carbocycles. The first-order valence-corrected chi connectivity index (χ1v) is 6.45. The SMILES string of the molecule is Cc1ccc(C(=O)CCCCCCN)cc1C. The lowest BCUT2D eigenvalue weighted by Gasteiger charge is -2.04. The van der Waals surface area contributed by atoms with Gasteiger partial charge in [-0.05, 0) is 50.4 Å². The fourth-order valence-electron chi connectivity index (χ4n) is 1.84. The number of benzene rings is 1. The zero-order chi connectivity index (χ0) is 12.7. The number of unbranched alkanes of at least 4 members (excludes halogenated alkanes) is 3. The van der Waals surface area contributed by atoms with Crippen molar-refractivity contribution in [3.8, 4) is 0 Å². The fourth-order valence-corrected chi connectivity index (χ4v) is 1.84. The van der Waals surface area contributed by atoms with Gasteiger partial charge in [0.2, 0.25) is 0 Å². The average Bonchev–Trinajstić information content (AvgIpc) is 2.32. The maximum atomic E-state index is 11.9. The second-order valence-electron chi connectivity index (χ2n) is 4.68. The maximum Gasteiger partial charge on any atom is 0.162 e. The quantitative estimate of drug-likeness (QED) is 0.579. The van der Waals surface area contributed by atoms with Crippen LogP contribution in [-0.2, 0) is 0 Å². The Bertz CT molecular complexity index is 371. The minimum atomic E-state index is 0.265. The Morgan fingerprint density at radius 2 is 1.76 bits per heavy atom. The molecule has 0 fully saturated rings. The van der Waals surface area contributed by atoms with Gasteiger partial charge in [-0.2, -0.15) is 0 Å². The van der Waals surface area contributed by atoms with E-state index >= 15 is 0 Å². The molecule has 0 amide bonds. The Kier molecular flexibility index (Phi) is 5.92. The Labute approximate surface area is 104 Å². The van der Waals surface area contributed by atoms with Crippen molar-refractivity contribution in [3.05, 3.63) is 34.9 Å². The van der Waals surface area contributed by atoms with E-state index < -0.39 is 0 Å².